The number of hydrogen-bond donors (Lipinski definition) is 1. The second kappa shape index (κ2) is 5.60. The van der Waals surface area contributed by atoms with Crippen LogP contribution in [0.5, 0.6) is 0 Å². The van der Waals surface area contributed by atoms with Gasteiger partial charge in [0.1, 0.15) is 18.0 Å². The molecular formula is C16H21N5. The van der Waals surface area contributed by atoms with E-state index in [1.54, 1.807) is 6.33 Å². The SMILES string of the molecule is CCc1c(NC)ncnc1N1CCN(C)c2ccccc21. The molecule has 0 saturated carbocycles. The Labute approximate surface area is 125 Å². The maximum Gasteiger partial charge on any atom is 0.141 e. The number of aromatic nitrogens is 2. The Morgan fingerprint density at radius 2 is 1.90 bits per heavy atom. The molecule has 0 atom stereocenters. The van der Waals surface area contributed by atoms with Crippen LogP contribution < -0.4 is 15.1 Å². The van der Waals surface area contributed by atoms with E-state index in [1.165, 1.54) is 16.9 Å². The number of rotatable bonds is 3. The Hall–Kier alpha value is -2.30. The molecule has 1 aromatic heterocycles. The minimum atomic E-state index is 0.904. The maximum absolute atomic E-state index is 4.56. The summed E-state index contributed by atoms with van der Waals surface area (Å²) in [6, 6.07) is 8.48. The van der Waals surface area contributed by atoms with Crippen LogP contribution in [0.4, 0.5) is 23.0 Å². The molecule has 5 heteroatoms. The third kappa shape index (κ3) is 2.28. The van der Waals surface area contributed by atoms with Crippen molar-refractivity contribution in [2.45, 2.75) is 13.3 Å². The zero-order valence-corrected chi connectivity index (χ0v) is 12.8. The lowest BCUT2D eigenvalue weighted by Crippen LogP contribution is -2.37. The highest BCUT2D eigenvalue weighted by molar-refractivity contribution is 5.80. The smallest absolute Gasteiger partial charge is 0.141 e. The first kappa shape index (κ1) is 13.7. The molecule has 1 N–H and O–H groups in total. The molecule has 110 valence electrons. The summed E-state index contributed by atoms with van der Waals surface area (Å²) in [5.74, 6) is 1.93. The van der Waals surface area contributed by atoms with E-state index in [4.69, 9.17) is 0 Å². The van der Waals surface area contributed by atoms with Crippen molar-refractivity contribution in [3.05, 3.63) is 36.2 Å². The summed E-state index contributed by atoms with van der Waals surface area (Å²) in [4.78, 5) is 13.5. The lowest BCUT2D eigenvalue weighted by Gasteiger charge is -2.37. The highest BCUT2D eigenvalue weighted by atomic mass is 15.3. The van der Waals surface area contributed by atoms with Crippen LogP contribution in [0.15, 0.2) is 30.6 Å². The molecule has 0 spiro atoms. The summed E-state index contributed by atoms with van der Waals surface area (Å²) < 4.78 is 0. The Morgan fingerprint density at radius 1 is 1.14 bits per heavy atom. The highest BCUT2D eigenvalue weighted by Gasteiger charge is 2.24. The van der Waals surface area contributed by atoms with Crippen LogP contribution in [0.2, 0.25) is 0 Å². The van der Waals surface area contributed by atoms with Gasteiger partial charge >= 0.3 is 0 Å². The van der Waals surface area contributed by atoms with E-state index in [0.717, 1.165) is 31.1 Å². The van der Waals surface area contributed by atoms with Crippen LogP contribution in [0, 0.1) is 0 Å². The van der Waals surface area contributed by atoms with Crippen LogP contribution in [0.3, 0.4) is 0 Å². The van der Waals surface area contributed by atoms with E-state index >= 15 is 0 Å². The van der Waals surface area contributed by atoms with Crippen LogP contribution in [0.25, 0.3) is 0 Å². The molecule has 1 aromatic carbocycles. The molecule has 1 aliphatic rings. The standard InChI is InChI=1S/C16H21N5/c1-4-12-15(17-2)18-11-19-16(12)21-10-9-20(3)13-7-5-6-8-14(13)21/h5-8,11H,4,9-10H2,1-3H3,(H,17,18,19). The van der Waals surface area contributed by atoms with Crippen molar-refractivity contribution in [1.82, 2.24) is 9.97 Å². The van der Waals surface area contributed by atoms with Crippen molar-refractivity contribution >= 4 is 23.0 Å². The van der Waals surface area contributed by atoms with Crippen LogP contribution >= 0.6 is 0 Å². The van der Waals surface area contributed by atoms with Gasteiger partial charge < -0.3 is 15.1 Å². The van der Waals surface area contributed by atoms with Crippen molar-refractivity contribution in [2.24, 2.45) is 0 Å². The largest absolute Gasteiger partial charge is 0.373 e. The molecule has 21 heavy (non-hydrogen) atoms. The molecule has 2 heterocycles. The van der Waals surface area contributed by atoms with E-state index in [-0.39, 0.29) is 0 Å². The van der Waals surface area contributed by atoms with Gasteiger partial charge in [-0.05, 0) is 18.6 Å². The van der Waals surface area contributed by atoms with E-state index in [1.807, 2.05) is 7.05 Å². The number of para-hydroxylation sites is 2. The molecule has 5 nitrogen and oxygen atoms in total. The molecule has 0 saturated heterocycles. The Bertz CT molecular complexity index is 640. The topological polar surface area (TPSA) is 44.3 Å². The number of nitrogens with one attached hydrogen (secondary N) is 1. The van der Waals surface area contributed by atoms with Gasteiger partial charge in [-0.3, -0.25) is 0 Å². The maximum atomic E-state index is 4.56. The van der Waals surface area contributed by atoms with Gasteiger partial charge in [-0.15, -0.1) is 0 Å². The molecule has 3 rings (SSSR count). The van der Waals surface area contributed by atoms with Gasteiger partial charge in [0, 0.05) is 32.7 Å². The Morgan fingerprint density at radius 3 is 2.62 bits per heavy atom. The molecule has 2 aromatic rings. The Balaban J connectivity index is 2.12. The predicted octanol–water partition coefficient (Wildman–Crippen LogP) is 2.67. The first-order valence-corrected chi connectivity index (χ1v) is 7.35. The number of nitrogens with zero attached hydrogens (tertiary/aromatic N) is 4. The summed E-state index contributed by atoms with van der Waals surface area (Å²) in [6.07, 6.45) is 2.54. The summed E-state index contributed by atoms with van der Waals surface area (Å²) in [5, 5.41) is 3.17. The lowest BCUT2D eigenvalue weighted by atomic mass is 10.1. The van der Waals surface area contributed by atoms with Gasteiger partial charge in [0.25, 0.3) is 0 Å². The first-order valence-electron chi connectivity index (χ1n) is 7.35. The first-order chi connectivity index (χ1) is 10.3. The van der Waals surface area contributed by atoms with Crippen molar-refractivity contribution in [1.29, 1.82) is 0 Å². The third-order valence-electron chi connectivity index (χ3n) is 4.01. The van der Waals surface area contributed by atoms with Gasteiger partial charge in [-0.25, -0.2) is 9.97 Å². The summed E-state index contributed by atoms with van der Waals surface area (Å²) in [5.41, 5.74) is 3.62. The average molecular weight is 283 g/mol. The van der Waals surface area contributed by atoms with Crippen LogP contribution in [0.1, 0.15) is 12.5 Å². The van der Waals surface area contributed by atoms with Gasteiger partial charge in [0.15, 0.2) is 0 Å². The summed E-state index contributed by atoms with van der Waals surface area (Å²) in [7, 11) is 4.04. The second-order valence-electron chi connectivity index (χ2n) is 5.19. The van der Waals surface area contributed by atoms with Gasteiger partial charge in [0.2, 0.25) is 0 Å². The fourth-order valence-electron chi connectivity index (χ4n) is 2.90. The van der Waals surface area contributed by atoms with E-state index in [0.29, 0.717) is 0 Å². The zero-order chi connectivity index (χ0) is 14.8. The van der Waals surface area contributed by atoms with Crippen LogP contribution in [-0.4, -0.2) is 37.2 Å². The fraction of sp³-hybridized carbons (Fsp3) is 0.375. The van der Waals surface area contributed by atoms with Crippen molar-refractivity contribution in [2.75, 3.05) is 42.3 Å². The minimum absolute atomic E-state index is 0.904. The van der Waals surface area contributed by atoms with Crippen molar-refractivity contribution < 1.29 is 0 Å². The monoisotopic (exact) mass is 283 g/mol. The van der Waals surface area contributed by atoms with Gasteiger partial charge in [-0.2, -0.15) is 0 Å². The van der Waals surface area contributed by atoms with E-state index in [9.17, 15) is 0 Å². The normalized spacial score (nSPS) is 14.0. The highest BCUT2D eigenvalue weighted by Crippen LogP contribution is 2.38. The van der Waals surface area contributed by atoms with Crippen LogP contribution in [-0.2, 0) is 6.42 Å². The molecule has 1 aliphatic heterocycles. The molecule has 0 radical (unpaired) electrons. The molecule has 0 fully saturated rings. The molecule has 0 amide bonds. The molecule has 0 aliphatic carbocycles. The minimum Gasteiger partial charge on any atom is -0.373 e. The van der Waals surface area contributed by atoms with Crippen molar-refractivity contribution in [3.63, 3.8) is 0 Å². The van der Waals surface area contributed by atoms with Crippen molar-refractivity contribution in [3.8, 4) is 0 Å². The zero-order valence-electron chi connectivity index (χ0n) is 12.8. The third-order valence-corrected chi connectivity index (χ3v) is 4.01. The number of anilines is 4. The number of benzene rings is 1. The molecule has 0 bridgehead atoms. The molecular weight excluding hydrogens is 262 g/mol. The lowest BCUT2D eigenvalue weighted by molar-refractivity contribution is 0.805. The van der Waals surface area contributed by atoms with E-state index in [2.05, 4.69) is 63.3 Å². The summed E-state index contributed by atoms with van der Waals surface area (Å²) >= 11 is 0. The number of likely N-dealkylation sites (N-methyl/N-ethyl adjacent to an activating group) is 1. The quantitative estimate of drug-likeness (QED) is 0.938. The van der Waals surface area contributed by atoms with E-state index < -0.39 is 0 Å². The van der Waals surface area contributed by atoms with Gasteiger partial charge in [0.05, 0.1) is 11.4 Å². The number of fused-ring (bicyclic) bond motifs is 1. The summed E-state index contributed by atoms with van der Waals surface area (Å²) in [6.45, 7) is 4.06. The fourth-order valence-corrected chi connectivity index (χ4v) is 2.90. The Kier molecular flexibility index (Phi) is 3.64. The molecule has 0 unspecified atom stereocenters. The number of hydrogen-bond acceptors (Lipinski definition) is 5. The predicted molar refractivity (Wildman–Crippen MR) is 87.7 cm³/mol. The second-order valence-corrected chi connectivity index (χ2v) is 5.19. The van der Waals surface area contributed by atoms with Gasteiger partial charge in [-0.1, -0.05) is 19.1 Å². The average Bonchev–Trinajstić information content (AvgIpc) is 2.54.